The van der Waals surface area contributed by atoms with E-state index in [9.17, 15) is 5.11 Å². The molecule has 2 N–H and O–H groups in total. The molecule has 15 heavy (non-hydrogen) atoms. The van der Waals surface area contributed by atoms with Gasteiger partial charge in [0, 0.05) is 5.54 Å². The normalized spacial score (nSPS) is 11.7. The van der Waals surface area contributed by atoms with E-state index in [2.05, 4.69) is 25.7 Å². The van der Waals surface area contributed by atoms with Gasteiger partial charge in [-0.25, -0.2) is 0 Å². The van der Waals surface area contributed by atoms with Gasteiger partial charge in [0.05, 0.1) is 6.61 Å². The van der Waals surface area contributed by atoms with Crippen molar-refractivity contribution in [2.45, 2.75) is 57.9 Å². The van der Waals surface area contributed by atoms with E-state index in [0.717, 1.165) is 25.8 Å². The van der Waals surface area contributed by atoms with Crippen molar-refractivity contribution in [3.05, 3.63) is 12.7 Å². The summed E-state index contributed by atoms with van der Waals surface area (Å²) in [6.07, 6.45) is 8.74. The van der Waals surface area contributed by atoms with Crippen LogP contribution in [0.1, 0.15) is 52.4 Å². The van der Waals surface area contributed by atoms with Crippen LogP contribution in [0, 0.1) is 0 Å². The lowest BCUT2D eigenvalue weighted by Gasteiger charge is -2.31. The fourth-order valence-electron chi connectivity index (χ4n) is 1.72. The van der Waals surface area contributed by atoms with Crippen LogP contribution < -0.4 is 5.32 Å². The zero-order valence-electron chi connectivity index (χ0n) is 10.4. The van der Waals surface area contributed by atoms with Gasteiger partial charge in [0.2, 0.25) is 0 Å². The summed E-state index contributed by atoms with van der Waals surface area (Å²) in [5.41, 5.74) is -0.0432. The molecule has 2 nitrogen and oxygen atoms in total. The van der Waals surface area contributed by atoms with Crippen LogP contribution in [0.4, 0.5) is 0 Å². The second-order valence-corrected chi connectivity index (χ2v) is 4.21. The van der Waals surface area contributed by atoms with Crippen molar-refractivity contribution in [2.75, 3.05) is 13.2 Å². The quantitative estimate of drug-likeness (QED) is 0.432. The van der Waals surface area contributed by atoms with Crippen molar-refractivity contribution in [2.24, 2.45) is 0 Å². The monoisotopic (exact) mass is 213 g/mol. The Hall–Kier alpha value is -0.340. The van der Waals surface area contributed by atoms with Crippen molar-refractivity contribution in [1.82, 2.24) is 5.32 Å². The molecule has 0 spiro atoms. The van der Waals surface area contributed by atoms with E-state index >= 15 is 0 Å². The van der Waals surface area contributed by atoms with Gasteiger partial charge in [-0.1, -0.05) is 26.3 Å². The summed E-state index contributed by atoms with van der Waals surface area (Å²) >= 11 is 0. The van der Waals surface area contributed by atoms with E-state index in [1.807, 2.05) is 6.08 Å². The van der Waals surface area contributed by atoms with Crippen molar-refractivity contribution < 1.29 is 5.11 Å². The van der Waals surface area contributed by atoms with E-state index < -0.39 is 0 Å². The highest BCUT2D eigenvalue weighted by atomic mass is 16.3. The summed E-state index contributed by atoms with van der Waals surface area (Å²) < 4.78 is 0. The molecule has 0 aromatic heterocycles. The van der Waals surface area contributed by atoms with E-state index in [1.54, 1.807) is 0 Å². The number of hydrogen-bond donors (Lipinski definition) is 2. The molecule has 0 unspecified atom stereocenters. The number of rotatable bonds is 10. The first-order valence-corrected chi connectivity index (χ1v) is 6.21. The predicted molar refractivity (Wildman–Crippen MR) is 67.1 cm³/mol. The van der Waals surface area contributed by atoms with Crippen molar-refractivity contribution in [3.8, 4) is 0 Å². The molecule has 0 aromatic rings. The van der Waals surface area contributed by atoms with Crippen LogP contribution in [0.25, 0.3) is 0 Å². The van der Waals surface area contributed by atoms with Gasteiger partial charge in [0.25, 0.3) is 0 Å². The van der Waals surface area contributed by atoms with Crippen molar-refractivity contribution in [3.63, 3.8) is 0 Å². The molecule has 2 heteroatoms. The lowest BCUT2D eigenvalue weighted by Crippen LogP contribution is -2.47. The average Bonchev–Trinajstić information content (AvgIpc) is 2.29. The van der Waals surface area contributed by atoms with Gasteiger partial charge in [0.1, 0.15) is 0 Å². The topological polar surface area (TPSA) is 32.3 Å². The third kappa shape index (κ3) is 5.95. The van der Waals surface area contributed by atoms with Crippen LogP contribution in [-0.2, 0) is 0 Å². The molecule has 0 aliphatic rings. The fraction of sp³-hybridized carbons (Fsp3) is 0.846. The summed E-state index contributed by atoms with van der Waals surface area (Å²) in [6.45, 7) is 9.22. The largest absolute Gasteiger partial charge is 0.394 e. The summed E-state index contributed by atoms with van der Waals surface area (Å²) in [4.78, 5) is 0. The molecule has 90 valence electrons. The Balaban J connectivity index is 3.58. The highest BCUT2D eigenvalue weighted by Crippen LogP contribution is 2.14. The minimum atomic E-state index is -0.0432. The summed E-state index contributed by atoms with van der Waals surface area (Å²) in [5, 5.41) is 12.8. The van der Waals surface area contributed by atoms with Crippen LogP contribution in [0.15, 0.2) is 12.7 Å². The number of aliphatic hydroxyl groups is 1. The van der Waals surface area contributed by atoms with Crippen LogP contribution in [0.3, 0.4) is 0 Å². The van der Waals surface area contributed by atoms with E-state index in [-0.39, 0.29) is 12.1 Å². The number of nitrogens with one attached hydrogen (secondary N) is 1. The minimum absolute atomic E-state index is 0.0432. The Labute approximate surface area is 94.8 Å². The summed E-state index contributed by atoms with van der Waals surface area (Å²) in [7, 11) is 0. The maximum Gasteiger partial charge on any atom is 0.0613 e. The first kappa shape index (κ1) is 14.7. The van der Waals surface area contributed by atoms with Gasteiger partial charge >= 0.3 is 0 Å². The van der Waals surface area contributed by atoms with Gasteiger partial charge in [-0.2, -0.15) is 0 Å². The Bertz CT molecular complexity index is 144. The first-order chi connectivity index (χ1) is 7.24. The number of aliphatic hydroxyl groups excluding tert-OH is 1. The second kappa shape index (κ2) is 8.93. The molecule has 0 aliphatic carbocycles. The van der Waals surface area contributed by atoms with Gasteiger partial charge in [-0.3, -0.25) is 0 Å². The van der Waals surface area contributed by atoms with Gasteiger partial charge in [0.15, 0.2) is 0 Å². The lowest BCUT2D eigenvalue weighted by molar-refractivity contribution is 0.150. The molecule has 0 fully saturated rings. The smallest absolute Gasteiger partial charge is 0.0613 e. The zero-order valence-corrected chi connectivity index (χ0v) is 10.4. The lowest BCUT2D eigenvalue weighted by atomic mass is 9.94. The SMILES string of the molecule is C=CCCCCCNC(CC)(CC)CO. The highest BCUT2D eigenvalue weighted by molar-refractivity contribution is 4.84. The molecule has 0 bridgehead atoms. The minimum Gasteiger partial charge on any atom is -0.394 e. The zero-order chi connectivity index (χ0) is 11.6. The Kier molecular flexibility index (Phi) is 8.73. The molecule has 0 aromatic carbocycles. The number of hydrogen-bond acceptors (Lipinski definition) is 2. The van der Waals surface area contributed by atoms with Crippen LogP contribution in [-0.4, -0.2) is 23.8 Å². The highest BCUT2D eigenvalue weighted by Gasteiger charge is 2.23. The fourth-order valence-corrected chi connectivity index (χ4v) is 1.72. The van der Waals surface area contributed by atoms with Crippen LogP contribution in [0.5, 0.6) is 0 Å². The molecular formula is C13H27NO. The molecule has 0 aliphatic heterocycles. The molecular weight excluding hydrogens is 186 g/mol. The average molecular weight is 213 g/mol. The van der Waals surface area contributed by atoms with Gasteiger partial charge in [-0.15, -0.1) is 6.58 Å². The van der Waals surface area contributed by atoms with Gasteiger partial charge in [-0.05, 0) is 38.6 Å². The predicted octanol–water partition coefficient (Wildman–Crippen LogP) is 2.87. The standard InChI is InChI=1S/C13H27NO/c1-4-7-8-9-10-11-14-13(5-2,6-3)12-15/h4,14-15H,1,5-12H2,2-3H3. The molecule has 0 atom stereocenters. The van der Waals surface area contributed by atoms with Gasteiger partial charge < -0.3 is 10.4 Å². The molecule has 0 saturated heterocycles. The maximum absolute atomic E-state index is 9.34. The third-order valence-electron chi connectivity index (χ3n) is 3.24. The number of allylic oxidation sites excluding steroid dienone is 1. The molecule has 0 amide bonds. The Morgan fingerprint density at radius 1 is 1.20 bits per heavy atom. The molecule has 0 heterocycles. The molecule has 0 saturated carbocycles. The molecule has 0 rings (SSSR count). The van der Waals surface area contributed by atoms with E-state index in [1.165, 1.54) is 19.3 Å². The van der Waals surface area contributed by atoms with Crippen LogP contribution >= 0.6 is 0 Å². The number of unbranched alkanes of at least 4 members (excludes halogenated alkanes) is 3. The Morgan fingerprint density at radius 2 is 1.87 bits per heavy atom. The summed E-state index contributed by atoms with van der Waals surface area (Å²) in [5.74, 6) is 0. The van der Waals surface area contributed by atoms with Crippen LogP contribution in [0.2, 0.25) is 0 Å². The Morgan fingerprint density at radius 3 is 2.33 bits per heavy atom. The molecule has 0 radical (unpaired) electrons. The van der Waals surface area contributed by atoms with E-state index in [0.29, 0.717) is 0 Å². The first-order valence-electron chi connectivity index (χ1n) is 6.21. The maximum atomic E-state index is 9.34. The summed E-state index contributed by atoms with van der Waals surface area (Å²) in [6, 6.07) is 0. The van der Waals surface area contributed by atoms with Crippen molar-refractivity contribution in [1.29, 1.82) is 0 Å². The second-order valence-electron chi connectivity index (χ2n) is 4.21. The third-order valence-corrected chi connectivity index (χ3v) is 3.24. The van der Waals surface area contributed by atoms with Crippen molar-refractivity contribution >= 4 is 0 Å². The van der Waals surface area contributed by atoms with E-state index in [4.69, 9.17) is 0 Å².